The van der Waals surface area contributed by atoms with Crippen LogP contribution in [0.15, 0.2) is 0 Å². The fourth-order valence-corrected chi connectivity index (χ4v) is 2.35. The van der Waals surface area contributed by atoms with Crippen LogP contribution in [0.2, 0.25) is 0 Å². The van der Waals surface area contributed by atoms with Gasteiger partial charge in [-0.25, -0.2) is 4.79 Å². The zero-order chi connectivity index (χ0) is 11.3. The lowest BCUT2D eigenvalue weighted by molar-refractivity contribution is 0.0285. The first-order valence-corrected chi connectivity index (χ1v) is 5.57. The van der Waals surface area contributed by atoms with Crippen LogP contribution in [-0.2, 0) is 4.74 Å². The van der Waals surface area contributed by atoms with E-state index in [-0.39, 0.29) is 11.6 Å². The second-order valence-corrected chi connectivity index (χ2v) is 5.83. The number of nitrogens with zero attached hydrogens (tertiary/aromatic N) is 1. The molecule has 2 N–H and O–H groups in total. The van der Waals surface area contributed by atoms with E-state index in [0.29, 0.717) is 12.5 Å². The maximum absolute atomic E-state index is 11.8. The van der Waals surface area contributed by atoms with Crippen molar-refractivity contribution in [2.24, 2.45) is 11.7 Å². The molecule has 4 nitrogen and oxygen atoms in total. The van der Waals surface area contributed by atoms with Crippen LogP contribution in [0.4, 0.5) is 4.79 Å². The summed E-state index contributed by atoms with van der Waals surface area (Å²) in [6.45, 7) is 7.08. The van der Waals surface area contributed by atoms with Crippen LogP contribution in [0.1, 0.15) is 33.6 Å². The van der Waals surface area contributed by atoms with Crippen molar-refractivity contribution >= 4 is 6.09 Å². The molecule has 0 spiro atoms. The zero-order valence-electron chi connectivity index (χ0n) is 9.75. The summed E-state index contributed by atoms with van der Waals surface area (Å²) in [7, 11) is 0. The lowest BCUT2D eigenvalue weighted by atomic mass is 9.70. The summed E-state index contributed by atoms with van der Waals surface area (Å²) in [5.41, 5.74) is 5.62. The number of carbonyl (C=O) groups excluding carboxylic acids is 1. The van der Waals surface area contributed by atoms with Crippen LogP contribution in [-0.4, -0.2) is 35.2 Å². The summed E-state index contributed by atoms with van der Waals surface area (Å²) in [5.74, 6) is 0.491. The molecule has 0 bridgehead atoms. The van der Waals surface area contributed by atoms with Crippen LogP contribution in [0.5, 0.6) is 0 Å². The predicted octanol–water partition coefficient (Wildman–Crippen LogP) is 1.34. The Labute approximate surface area is 90.8 Å². The van der Waals surface area contributed by atoms with Gasteiger partial charge in [-0.05, 0) is 39.5 Å². The van der Waals surface area contributed by atoms with E-state index >= 15 is 0 Å². The summed E-state index contributed by atoms with van der Waals surface area (Å²) in [4.78, 5) is 13.5. The van der Waals surface area contributed by atoms with Crippen molar-refractivity contribution in [3.05, 3.63) is 0 Å². The molecule has 1 aliphatic carbocycles. The maximum Gasteiger partial charge on any atom is 0.410 e. The minimum Gasteiger partial charge on any atom is -0.444 e. The largest absolute Gasteiger partial charge is 0.444 e. The van der Waals surface area contributed by atoms with Gasteiger partial charge in [0.1, 0.15) is 5.60 Å². The molecule has 0 aromatic rings. The highest BCUT2D eigenvalue weighted by Crippen LogP contribution is 2.42. The minimum absolute atomic E-state index is 0.114. The van der Waals surface area contributed by atoms with Gasteiger partial charge in [-0.1, -0.05) is 0 Å². The lowest BCUT2D eigenvalue weighted by Gasteiger charge is -2.39. The Morgan fingerprint density at radius 1 is 1.53 bits per heavy atom. The number of nitrogens with two attached hydrogens (primary N) is 1. The van der Waals surface area contributed by atoms with Crippen LogP contribution >= 0.6 is 0 Å². The number of hydrogen-bond acceptors (Lipinski definition) is 3. The van der Waals surface area contributed by atoms with E-state index in [0.717, 1.165) is 19.4 Å². The quantitative estimate of drug-likeness (QED) is 0.659. The number of hydrogen-bond donors (Lipinski definition) is 1. The SMILES string of the molecule is CC(C)(C)OC(=O)N1C[C@@H]2CC[C@@]2(N)C1. The van der Waals surface area contributed by atoms with E-state index in [9.17, 15) is 4.79 Å². The third kappa shape index (κ3) is 1.95. The molecule has 2 fully saturated rings. The molecule has 0 aromatic heterocycles. The van der Waals surface area contributed by atoms with E-state index in [1.807, 2.05) is 20.8 Å². The number of ether oxygens (including phenoxy) is 1. The van der Waals surface area contributed by atoms with Crippen LogP contribution < -0.4 is 5.73 Å². The molecule has 0 unspecified atom stereocenters. The van der Waals surface area contributed by atoms with Crippen LogP contribution in [0, 0.1) is 5.92 Å². The Bertz CT molecular complexity index is 285. The van der Waals surface area contributed by atoms with E-state index in [1.165, 1.54) is 0 Å². The molecule has 4 heteroatoms. The molecule has 1 aliphatic heterocycles. The highest BCUT2D eigenvalue weighted by Gasteiger charge is 2.51. The molecule has 0 radical (unpaired) electrons. The first-order chi connectivity index (χ1) is 6.80. The molecule has 2 aliphatic rings. The second kappa shape index (κ2) is 3.11. The number of fused-ring (bicyclic) bond motifs is 1. The Kier molecular flexibility index (Phi) is 2.23. The summed E-state index contributed by atoms with van der Waals surface area (Å²) in [6.07, 6.45) is 1.97. The highest BCUT2D eigenvalue weighted by atomic mass is 16.6. The standard InChI is InChI=1S/C11H20N2O2/c1-10(2,3)15-9(14)13-6-8-4-5-11(8,12)7-13/h8H,4-7,12H2,1-3H3/t8-,11+/m0/s1. The molecule has 1 saturated heterocycles. The normalized spacial score (nSPS) is 34.7. The first-order valence-electron chi connectivity index (χ1n) is 5.57. The molecule has 15 heavy (non-hydrogen) atoms. The molecular weight excluding hydrogens is 192 g/mol. The Morgan fingerprint density at radius 3 is 2.53 bits per heavy atom. The molecule has 2 rings (SSSR count). The van der Waals surface area contributed by atoms with Crippen molar-refractivity contribution in [3.63, 3.8) is 0 Å². The van der Waals surface area contributed by atoms with E-state index in [4.69, 9.17) is 10.5 Å². The monoisotopic (exact) mass is 212 g/mol. The fourth-order valence-electron chi connectivity index (χ4n) is 2.35. The average molecular weight is 212 g/mol. The maximum atomic E-state index is 11.8. The van der Waals surface area contributed by atoms with Crippen molar-refractivity contribution < 1.29 is 9.53 Å². The van der Waals surface area contributed by atoms with Crippen molar-refractivity contribution in [2.75, 3.05) is 13.1 Å². The summed E-state index contributed by atoms with van der Waals surface area (Å²) in [6, 6.07) is 0. The highest BCUT2D eigenvalue weighted by molar-refractivity contribution is 5.69. The van der Waals surface area contributed by atoms with Crippen LogP contribution in [0.25, 0.3) is 0 Å². The minimum atomic E-state index is -0.416. The average Bonchev–Trinajstić information content (AvgIpc) is 2.26. The molecule has 1 saturated carbocycles. The summed E-state index contributed by atoms with van der Waals surface area (Å²) >= 11 is 0. The number of rotatable bonds is 0. The van der Waals surface area contributed by atoms with Gasteiger partial charge in [0.05, 0.1) is 0 Å². The summed E-state index contributed by atoms with van der Waals surface area (Å²) in [5, 5.41) is 0. The Hall–Kier alpha value is -0.770. The smallest absolute Gasteiger partial charge is 0.410 e. The molecule has 1 heterocycles. The molecule has 86 valence electrons. The van der Waals surface area contributed by atoms with E-state index < -0.39 is 5.60 Å². The van der Waals surface area contributed by atoms with Gasteiger partial charge in [0, 0.05) is 18.6 Å². The van der Waals surface area contributed by atoms with Gasteiger partial charge >= 0.3 is 6.09 Å². The fraction of sp³-hybridized carbons (Fsp3) is 0.909. The van der Waals surface area contributed by atoms with E-state index in [2.05, 4.69) is 0 Å². The van der Waals surface area contributed by atoms with Gasteiger partial charge in [0.2, 0.25) is 0 Å². The van der Waals surface area contributed by atoms with Gasteiger partial charge in [-0.2, -0.15) is 0 Å². The molecule has 1 amide bonds. The second-order valence-electron chi connectivity index (χ2n) is 5.83. The molecule has 2 atom stereocenters. The van der Waals surface area contributed by atoms with Gasteiger partial charge in [-0.15, -0.1) is 0 Å². The molecule has 0 aromatic carbocycles. The van der Waals surface area contributed by atoms with Crippen molar-refractivity contribution in [3.8, 4) is 0 Å². The number of amides is 1. The zero-order valence-corrected chi connectivity index (χ0v) is 9.75. The number of carbonyl (C=O) groups is 1. The predicted molar refractivity (Wildman–Crippen MR) is 57.4 cm³/mol. The van der Waals surface area contributed by atoms with Crippen molar-refractivity contribution in [1.82, 2.24) is 4.90 Å². The third-order valence-electron chi connectivity index (χ3n) is 3.35. The van der Waals surface area contributed by atoms with Gasteiger partial charge in [0.25, 0.3) is 0 Å². The third-order valence-corrected chi connectivity index (χ3v) is 3.35. The van der Waals surface area contributed by atoms with Crippen LogP contribution in [0.3, 0.4) is 0 Å². The van der Waals surface area contributed by atoms with Crippen molar-refractivity contribution in [1.29, 1.82) is 0 Å². The lowest BCUT2D eigenvalue weighted by Crippen LogP contribution is -2.54. The first kappa shape index (κ1) is 10.7. The Morgan fingerprint density at radius 2 is 2.20 bits per heavy atom. The topological polar surface area (TPSA) is 55.6 Å². The van der Waals surface area contributed by atoms with Crippen molar-refractivity contribution in [2.45, 2.75) is 44.8 Å². The Balaban J connectivity index is 1.94. The number of likely N-dealkylation sites (tertiary alicyclic amines) is 1. The molecular formula is C11H20N2O2. The van der Waals surface area contributed by atoms with Gasteiger partial charge in [0.15, 0.2) is 0 Å². The van der Waals surface area contributed by atoms with Gasteiger partial charge < -0.3 is 15.4 Å². The van der Waals surface area contributed by atoms with Gasteiger partial charge in [-0.3, -0.25) is 0 Å². The summed E-state index contributed by atoms with van der Waals surface area (Å²) < 4.78 is 5.32. The van der Waals surface area contributed by atoms with E-state index in [1.54, 1.807) is 4.90 Å².